The summed E-state index contributed by atoms with van der Waals surface area (Å²) >= 11 is 3.28. The summed E-state index contributed by atoms with van der Waals surface area (Å²) in [5.41, 5.74) is 1.55. The number of nitro benzene ring substituents is 2. The van der Waals surface area contributed by atoms with Crippen LogP contribution in [0.2, 0.25) is 0 Å². The smallest absolute Gasteiger partial charge is 0.267 e. The Morgan fingerprint density at radius 3 is 2.08 bits per heavy atom. The van der Waals surface area contributed by atoms with E-state index < -0.39 is 27.1 Å². The van der Waals surface area contributed by atoms with Crippen LogP contribution in [0.4, 0.5) is 11.4 Å². The Labute approximate surface area is 143 Å². The molecule has 0 aromatic heterocycles. The standard InChI is InChI=1S/C14H9BrN4O5/c15-11-3-1-9(2-4-11)8-16-17-14(20)10-5-12(18(21)22)7-13(6-10)19(23)24/h1-8H,(H,17,20). The number of hydrazone groups is 1. The second kappa shape index (κ2) is 7.42. The number of carbonyl (C=O) groups excluding carboxylic acids is 1. The molecular formula is C14H9BrN4O5. The van der Waals surface area contributed by atoms with Crippen LogP contribution in [-0.4, -0.2) is 22.0 Å². The van der Waals surface area contributed by atoms with Crippen LogP contribution in [0.1, 0.15) is 15.9 Å². The molecule has 0 bridgehead atoms. The first-order valence-corrected chi connectivity index (χ1v) is 7.19. The van der Waals surface area contributed by atoms with Crippen LogP contribution in [0.3, 0.4) is 0 Å². The molecule has 1 amide bonds. The van der Waals surface area contributed by atoms with Gasteiger partial charge in [0.2, 0.25) is 0 Å². The predicted octanol–water partition coefficient (Wildman–Crippen LogP) is 3.03. The highest BCUT2D eigenvalue weighted by atomic mass is 79.9. The molecule has 0 heterocycles. The zero-order valence-electron chi connectivity index (χ0n) is 11.9. The van der Waals surface area contributed by atoms with Gasteiger partial charge >= 0.3 is 0 Å². The quantitative estimate of drug-likeness (QED) is 0.474. The largest absolute Gasteiger partial charge is 0.277 e. The molecule has 24 heavy (non-hydrogen) atoms. The van der Waals surface area contributed by atoms with Crippen molar-refractivity contribution in [2.45, 2.75) is 0 Å². The van der Waals surface area contributed by atoms with Gasteiger partial charge in [0, 0.05) is 16.6 Å². The molecule has 1 N–H and O–H groups in total. The molecule has 0 unspecified atom stereocenters. The summed E-state index contributed by atoms with van der Waals surface area (Å²) in [7, 11) is 0. The van der Waals surface area contributed by atoms with Crippen LogP contribution in [0, 0.1) is 20.2 Å². The van der Waals surface area contributed by atoms with E-state index in [0.717, 1.165) is 22.7 Å². The highest BCUT2D eigenvalue weighted by Crippen LogP contribution is 2.22. The van der Waals surface area contributed by atoms with Crippen molar-refractivity contribution in [3.05, 3.63) is 78.3 Å². The van der Waals surface area contributed by atoms with Gasteiger partial charge in [-0.25, -0.2) is 5.43 Å². The average molecular weight is 393 g/mol. The van der Waals surface area contributed by atoms with E-state index >= 15 is 0 Å². The number of nitrogens with zero attached hydrogens (tertiary/aromatic N) is 3. The molecule has 2 rings (SSSR count). The molecule has 0 fully saturated rings. The van der Waals surface area contributed by atoms with E-state index in [1.807, 2.05) is 0 Å². The third-order valence-corrected chi connectivity index (χ3v) is 3.36. The summed E-state index contributed by atoms with van der Waals surface area (Å²) in [5, 5.41) is 25.3. The van der Waals surface area contributed by atoms with E-state index in [4.69, 9.17) is 0 Å². The Hall–Kier alpha value is -3.14. The molecular weight excluding hydrogens is 384 g/mol. The molecule has 2 aromatic rings. The normalized spacial score (nSPS) is 10.5. The van der Waals surface area contributed by atoms with E-state index in [1.165, 1.54) is 6.21 Å². The van der Waals surface area contributed by atoms with Gasteiger partial charge in [-0.05, 0) is 17.7 Å². The van der Waals surface area contributed by atoms with E-state index in [9.17, 15) is 25.0 Å². The SMILES string of the molecule is O=C(NN=Cc1ccc(Br)cc1)c1cc([N+](=O)[O-])cc([N+](=O)[O-])c1. The number of nitro groups is 2. The molecule has 0 atom stereocenters. The van der Waals surface area contributed by atoms with Crippen LogP contribution in [0.15, 0.2) is 52.0 Å². The Bertz CT molecular complexity index is 803. The lowest BCUT2D eigenvalue weighted by molar-refractivity contribution is -0.394. The maximum Gasteiger partial charge on any atom is 0.277 e. The molecule has 0 spiro atoms. The number of benzene rings is 2. The Balaban J connectivity index is 2.18. The van der Waals surface area contributed by atoms with E-state index in [1.54, 1.807) is 24.3 Å². The average Bonchev–Trinajstić information content (AvgIpc) is 2.56. The van der Waals surface area contributed by atoms with Gasteiger partial charge in [-0.3, -0.25) is 25.0 Å². The maximum absolute atomic E-state index is 12.0. The van der Waals surface area contributed by atoms with Crippen LogP contribution in [0.25, 0.3) is 0 Å². The summed E-state index contributed by atoms with van der Waals surface area (Å²) in [6, 6.07) is 9.73. The lowest BCUT2D eigenvalue weighted by Gasteiger charge is -2.01. The predicted molar refractivity (Wildman–Crippen MR) is 89.0 cm³/mol. The van der Waals surface area contributed by atoms with Crippen molar-refractivity contribution < 1.29 is 14.6 Å². The van der Waals surface area contributed by atoms with Crippen molar-refractivity contribution >= 4 is 39.4 Å². The van der Waals surface area contributed by atoms with Gasteiger partial charge in [-0.1, -0.05) is 28.1 Å². The minimum absolute atomic E-state index is 0.233. The second-order valence-electron chi connectivity index (χ2n) is 4.50. The third kappa shape index (κ3) is 4.43. The van der Waals surface area contributed by atoms with Gasteiger partial charge in [0.1, 0.15) is 0 Å². The highest BCUT2D eigenvalue weighted by molar-refractivity contribution is 9.10. The Morgan fingerprint density at radius 2 is 1.58 bits per heavy atom. The number of non-ortho nitro benzene ring substituents is 2. The van der Waals surface area contributed by atoms with Gasteiger partial charge in [-0.2, -0.15) is 5.10 Å². The number of hydrogen-bond donors (Lipinski definition) is 1. The summed E-state index contributed by atoms with van der Waals surface area (Å²) < 4.78 is 0.882. The van der Waals surface area contributed by atoms with Crippen LogP contribution >= 0.6 is 15.9 Å². The topological polar surface area (TPSA) is 128 Å². The van der Waals surface area contributed by atoms with Crippen LogP contribution in [-0.2, 0) is 0 Å². The maximum atomic E-state index is 12.0. The molecule has 0 radical (unpaired) electrons. The Kier molecular flexibility index (Phi) is 5.32. The summed E-state index contributed by atoms with van der Waals surface area (Å²) in [5.74, 6) is -0.796. The lowest BCUT2D eigenvalue weighted by atomic mass is 10.1. The monoisotopic (exact) mass is 392 g/mol. The minimum atomic E-state index is -0.811. The fraction of sp³-hybridized carbons (Fsp3) is 0. The molecule has 0 saturated carbocycles. The third-order valence-electron chi connectivity index (χ3n) is 2.84. The van der Waals surface area contributed by atoms with Crippen molar-refractivity contribution in [3.8, 4) is 0 Å². The summed E-state index contributed by atoms with van der Waals surface area (Å²) in [4.78, 5) is 31.9. The van der Waals surface area contributed by atoms with Gasteiger partial charge in [-0.15, -0.1) is 0 Å². The van der Waals surface area contributed by atoms with Gasteiger partial charge in [0.25, 0.3) is 17.3 Å². The molecule has 0 aliphatic carbocycles. The van der Waals surface area contributed by atoms with E-state index in [-0.39, 0.29) is 5.56 Å². The summed E-state index contributed by atoms with van der Waals surface area (Å²) in [6.07, 6.45) is 1.37. The zero-order chi connectivity index (χ0) is 17.7. The van der Waals surface area contributed by atoms with E-state index in [2.05, 4.69) is 26.5 Å². The zero-order valence-corrected chi connectivity index (χ0v) is 13.5. The first-order chi connectivity index (χ1) is 11.4. The van der Waals surface area contributed by atoms with Crippen molar-refractivity contribution in [2.24, 2.45) is 5.10 Å². The van der Waals surface area contributed by atoms with Crippen molar-refractivity contribution in [3.63, 3.8) is 0 Å². The molecule has 0 aliphatic heterocycles. The Morgan fingerprint density at radius 1 is 1.04 bits per heavy atom. The number of nitrogens with one attached hydrogen (secondary N) is 1. The minimum Gasteiger partial charge on any atom is -0.267 e. The number of halogens is 1. The van der Waals surface area contributed by atoms with Crippen molar-refractivity contribution in [2.75, 3.05) is 0 Å². The lowest BCUT2D eigenvalue weighted by Crippen LogP contribution is -2.18. The second-order valence-corrected chi connectivity index (χ2v) is 5.42. The van der Waals surface area contributed by atoms with Crippen molar-refractivity contribution in [1.29, 1.82) is 0 Å². The van der Waals surface area contributed by atoms with Gasteiger partial charge < -0.3 is 0 Å². The molecule has 2 aromatic carbocycles. The molecule has 0 saturated heterocycles. The first-order valence-electron chi connectivity index (χ1n) is 6.39. The molecule has 122 valence electrons. The number of rotatable bonds is 5. The number of carbonyl (C=O) groups is 1. The summed E-state index contributed by atoms with van der Waals surface area (Å²) in [6.45, 7) is 0. The van der Waals surface area contributed by atoms with Gasteiger partial charge in [0.05, 0.1) is 27.7 Å². The van der Waals surface area contributed by atoms with E-state index in [0.29, 0.717) is 5.56 Å². The van der Waals surface area contributed by atoms with Crippen LogP contribution < -0.4 is 5.43 Å². The van der Waals surface area contributed by atoms with Crippen LogP contribution in [0.5, 0.6) is 0 Å². The number of amides is 1. The highest BCUT2D eigenvalue weighted by Gasteiger charge is 2.19. The molecule has 10 heteroatoms. The van der Waals surface area contributed by atoms with Gasteiger partial charge in [0.15, 0.2) is 0 Å². The first kappa shape index (κ1) is 17.2. The fourth-order valence-electron chi connectivity index (χ4n) is 1.72. The molecule has 9 nitrogen and oxygen atoms in total. The van der Waals surface area contributed by atoms with Crippen molar-refractivity contribution in [1.82, 2.24) is 5.43 Å². The number of hydrogen-bond acceptors (Lipinski definition) is 6. The molecule has 0 aliphatic rings. The fourth-order valence-corrected chi connectivity index (χ4v) is 1.98.